The first-order valence-electron chi connectivity index (χ1n) is 7.04. The summed E-state index contributed by atoms with van der Waals surface area (Å²) in [5, 5.41) is 0. The molecule has 0 aliphatic rings. The van der Waals surface area contributed by atoms with E-state index in [0.717, 1.165) is 0 Å². The van der Waals surface area contributed by atoms with Crippen LogP contribution in [-0.4, -0.2) is 33.1 Å². The SMILES string of the molecule is CCOC(=O)c1cncc(CS(=O)(=O)c2cc(Br)ccc2OC)c1. The van der Waals surface area contributed by atoms with E-state index < -0.39 is 15.8 Å². The third kappa shape index (κ3) is 4.33. The van der Waals surface area contributed by atoms with Gasteiger partial charge in [-0.1, -0.05) is 15.9 Å². The molecule has 0 atom stereocenters. The van der Waals surface area contributed by atoms with E-state index in [-0.39, 0.29) is 28.6 Å². The standard InChI is InChI=1S/C16H16BrNO5S/c1-3-23-16(19)12-6-11(8-18-9-12)10-24(20,21)15-7-13(17)4-5-14(15)22-2/h4-9H,3,10H2,1-2H3. The summed E-state index contributed by atoms with van der Waals surface area (Å²) in [5.41, 5.74) is 0.605. The predicted octanol–water partition coefficient (Wildman–Crippen LogP) is 3.00. The van der Waals surface area contributed by atoms with Crippen LogP contribution in [0.1, 0.15) is 22.8 Å². The van der Waals surface area contributed by atoms with Crippen LogP contribution in [0.15, 0.2) is 46.0 Å². The molecule has 8 heteroatoms. The molecule has 1 aromatic carbocycles. The molecule has 0 N–H and O–H groups in total. The van der Waals surface area contributed by atoms with Crippen molar-refractivity contribution in [3.05, 3.63) is 52.3 Å². The molecule has 0 unspecified atom stereocenters. The molecule has 0 bridgehead atoms. The van der Waals surface area contributed by atoms with Crippen molar-refractivity contribution in [3.63, 3.8) is 0 Å². The number of rotatable bonds is 6. The first-order chi connectivity index (χ1) is 11.4. The van der Waals surface area contributed by atoms with E-state index in [1.54, 1.807) is 19.1 Å². The maximum atomic E-state index is 12.7. The van der Waals surface area contributed by atoms with Crippen molar-refractivity contribution in [2.75, 3.05) is 13.7 Å². The molecule has 0 fully saturated rings. The number of esters is 1. The molecule has 0 aliphatic carbocycles. The third-order valence-electron chi connectivity index (χ3n) is 3.12. The first-order valence-corrected chi connectivity index (χ1v) is 9.49. The molecule has 2 aromatic rings. The van der Waals surface area contributed by atoms with Gasteiger partial charge in [-0.25, -0.2) is 13.2 Å². The highest BCUT2D eigenvalue weighted by Crippen LogP contribution is 2.29. The molecule has 0 radical (unpaired) electrons. The zero-order valence-corrected chi connectivity index (χ0v) is 15.6. The Balaban J connectivity index is 2.35. The normalized spacial score (nSPS) is 11.1. The van der Waals surface area contributed by atoms with Gasteiger partial charge in [-0.05, 0) is 36.8 Å². The maximum absolute atomic E-state index is 12.7. The number of pyridine rings is 1. The van der Waals surface area contributed by atoms with E-state index in [0.29, 0.717) is 10.0 Å². The molecule has 0 aliphatic heterocycles. The van der Waals surface area contributed by atoms with E-state index in [1.807, 2.05) is 0 Å². The Morgan fingerprint density at radius 2 is 2.00 bits per heavy atom. The Morgan fingerprint density at radius 3 is 2.67 bits per heavy atom. The molecule has 0 saturated carbocycles. The Morgan fingerprint density at radius 1 is 1.25 bits per heavy atom. The average Bonchev–Trinajstić information content (AvgIpc) is 2.55. The highest BCUT2D eigenvalue weighted by atomic mass is 79.9. The fraction of sp³-hybridized carbons (Fsp3) is 0.250. The number of hydrogen-bond donors (Lipinski definition) is 0. The monoisotopic (exact) mass is 413 g/mol. The number of sulfone groups is 1. The second-order valence-corrected chi connectivity index (χ2v) is 7.73. The van der Waals surface area contributed by atoms with Crippen LogP contribution < -0.4 is 4.74 Å². The molecule has 1 heterocycles. The van der Waals surface area contributed by atoms with Gasteiger partial charge in [0, 0.05) is 16.9 Å². The third-order valence-corrected chi connectivity index (χ3v) is 5.32. The van der Waals surface area contributed by atoms with Crippen LogP contribution in [0.5, 0.6) is 5.75 Å². The highest BCUT2D eigenvalue weighted by molar-refractivity contribution is 9.10. The van der Waals surface area contributed by atoms with Crippen molar-refractivity contribution in [3.8, 4) is 5.75 Å². The Labute approximate surface area is 148 Å². The number of nitrogens with zero attached hydrogens (tertiary/aromatic N) is 1. The van der Waals surface area contributed by atoms with E-state index in [9.17, 15) is 13.2 Å². The lowest BCUT2D eigenvalue weighted by atomic mass is 10.2. The van der Waals surface area contributed by atoms with Gasteiger partial charge in [0.05, 0.1) is 25.0 Å². The van der Waals surface area contributed by atoms with Crippen LogP contribution in [0.2, 0.25) is 0 Å². The topological polar surface area (TPSA) is 82.6 Å². The van der Waals surface area contributed by atoms with Gasteiger partial charge in [-0.2, -0.15) is 0 Å². The molecule has 0 saturated heterocycles. The zero-order chi connectivity index (χ0) is 17.7. The van der Waals surface area contributed by atoms with E-state index in [1.165, 1.54) is 31.6 Å². The number of aromatic nitrogens is 1. The molecular weight excluding hydrogens is 398 g/mol. The van der Waals surface area contributed by atoms with Crippen molar-refractivity contribution in [2.45, 2.75) is 17.6 Å². The van der Waals surface area contributed by atoms with Gasteiger partial charge < -0.3 is 9.47 Å². The summed E-state index contributed by atoms with van der Waals surface area (Å²) in [4.78, 5) is 15.7. The summed E-state index contributed by atoms with van der Waals surface area (Å²) in [7, 11) is -2.27. The number of carbonyl (C=O) groups excluding carboxylic acids is 1. The van der Waals surface area contributed by atoms with Crippen LogP contribution >= 0.6 is 15.9 Å². The average molecular weight is 414 g/mol. The van der Waals surface area contributed by atoms with Crippen molar-refractivity contribution in [1.82, 2.24) is 4.98 Å². The lowest BCUT2D eigenvalue weighted by molar-refractivity contribution is 0.0525. The van der Waals surface area contributed by atoms with Gasteiger partial charge in [0.2, 0.25) is 0 Å². The second-order valence-electron chi connectivity index (χ2n) is 4.86. The minimum atomic E-state index is -3.68. The number of ether oxygens (including phenoxy) is 2. The Bertz CT molecular complexity index is 851. The number of carbonyl (C=O) groups is 1. The van der Waals surface area contributed by atoms with Crippen molar-refractivity contribution in [2.24, 2.45) is 0 Å². The number of halogens is 1. The van der Waals surface area contributed by atoms with E-state index in [2.05, 4.69) is 20.9 Å². The number of methoxy groups -OCH3 is 1. The quantitative estimate of drug-likeness (QED) is 0.676. The summed E-state index contributed by atoms with van der Waals surface area (Å²) in [6.07, 6.45) is 2.75. The lowest BCUT2D eigenvalue weighted by Gasteiger charge is -2.10. The zero-order valence-electron chi connectivity index (χ0n) is 13.2. The summed E-state index contributed by atoms with van der Waals surface area (Å²) >= 11 is 3.26. The molecule has 0 amide bonds. The molecule has 128 valence electrons. The number of benzene rings is 1. The van der Waals surface area contributed by atoms with Crippen molar-refractivity contribution >= 4 is 31.7 Å². The highest BCUT2D eigenvalue weighted by Gasteiger charge is 2.21. The minimum absolute atomic E-state index is 0.0703. The molecule has 24 heavy (non-hydrogen) atoms. The summed E-state index contributed by atoms with van der Waals surface area (Å²) in [6.45, 7) is 1.93. The van der Waals surface area contributed by atoms with Crippen molar-refractivity contribution < 1.29 is 22.7 Å². The van der Waals surface area contributed by atoms with Gasteiger partial charge in [0.25, 0.3) is 0 Å². The second kappa shape index (κ2) is 7.76. The van der Waals surface area contributed by atoms with Crippen LogP contribution in [0.25, 0.3) is 0 Å². The van der Waals surface area contributed by atoms with Crippen LogP contribution in [0, 0.1) is 0 Å². The fourth-order valence-corrected chi connectivity index (χ4v) is 4.11. The smallest absolute Gasteiger partial charge is 0.339 e. The Hall–Kier alpha value is -1.93. The van der Waals surface area contributed by atoms with Gasteiger partial charge >= 0.3 is 5.97 Å². The number of hydrogen-bond acceptors (Lipinski definition) is 6. The van der Waals surface area contributed by atoms with Gasteiger partial charge in [0.15, 0.2) is 9.84 Å². The predicted molar refractivity (Wildman–Crippen MR) is 91.8 cm³/mol. The van der Waals surface area contributed by atoms with Gasteiger partial charge in [-0.3, -0.25) is 4.98 Å². The van der Waals surface area contributed by atoms with Crippen LogP contribution in [0.3, 0.4) is 0 Å². The van der Waals surface area contributed by atoms with Crippen molar-refractivity contribution in [1.29, 1.82) is 0 Å². The molecule has 1 aromatic heterocycles. The maximum Gasteiger partial charge on any atom is 0.339 e. The summed E-state index contributed by atoms with van der Waals surface area (Å²) in [5.74, 6) is -0.586. The summed E-state index contributed by atoms with van der Waals surface area (Å²) < 4.78 is 36.0. The summed E-state index contributed by atoms with van der Waals surface area (Å²) in [6, 6.07) is 6.22. The van der Waals surface area contributed by atoms with E-state index in [4.69, 9.17) is 9.47 Å². The first kappa shape index (κ1) is 18.4. The molecule has 0 spiro atoms. The van der Waals surface area contributed by atoms with E-state index >= 15 is 0 Å². The van der Waals surface area contributed by atoms with Gasteiger partial charge in [0.1, 0.15) is 10.6 Å². The minimum Gasteiger partial charge on any atom is -0.495 e. The Kier molecular flexibility index (Phi) is 5.95. The largest absolute Gasteiger partial charge is 0.495 e. The van der Waals surface area contributed by atoms with Gasteiger partial charge in [-0.15, -0.1) is 0 Å². The molecular formula is C16H16BrNO5S. The fourth-order valence-electron chi connectivity index (χ4n) is 2.08. The van der Waals surface area contributed by atoms with Crippen LogP contribution in [-0.2, 0) is 20.3 Å². The molecule has 6 nitrogen and oxygen atoms in total. The van der Waals surface area contributed by atoms with Crippen LogP contribution in [0.4, 0.5) is 0 Å². The lowest BCUT2D eigenvalue weighted by Crippen LogP contribution is -2.09. The molecule has 2 rings (SSSR count).